The Hall–Kier alpha value is -1.83. The number of aryl methyl sites for hydroxylation is 1. The monoisotopic (exact) mass is 269 g/mol. The number of anilines is 1. The van der Waals surface area contributed by atoms with Gasteiger partial charge in [-0.25, -0.2) is 9.67 Å². The van der Waals surface area contributed by atoms with E-state index in [2.05, 4.69) is 19.8 Å². The Labute approximate surface area is 105 Å². The third-order valence-corrected chi connectivity index (χ3v) is 3.63. The SMILES string of the molecule is Cc1ncc(S(=O)(=O)Nc2ccnn2C(C)C)[nH]1. The molecule has 0 aliphatic heterocycles. The topological polar surface area (TPSA) is 92.7 Å². The number of hydrogen-bond donors (Lipinski definition) is 2. The van der Waals surface area contributed by atoms with Crippen LogP contribution in [0.25, 0.3) is 0 Å². The minimum Gasteiger partial charge on any atom is -0.332 e. The van der Waals surface area contributed by atoms with Crippen molar-refractivity contribution in [2.24, 2.45) is 0 Å². The number of sulfonamides is 1. The molecule has 2 aromatic rings. The molecular weight excluding hydrogens is 254 g/mol. The van der Waals surface area contributed by atoms with E-state index in [0.717, 1.165) is 0 Å². The zero-order chi connectivity index (χ0) is 13.3. The second kappa shape index (κ2) is 4.45. The molecule has 0 atom stereocenters. The van der Waals surface area contributed by atoms with Gasteiger partial charge in [-0.2, -0.15) is 13.5 Å². The van der Waals surface area contributed by atoms with Gasteiger partial charge in [0.05, 0.1) is 12.4 Å². The van der Waals surface area contributed by atoms with E-state index in [1.165, 1.54) is 6.20 Å². The third kappa shape index (κ3) is 2.37. The minimum atomic E-state index is -3.65. The Morgan fingerprint density at radius 3 is 2.72 bits per heavy atom. The van der Waals surface area contributed by atoms with Gasteiger partial charge in [0.15, 0.2) is 5.03 Å². The lowest BCUT2D eigenvalue weighted by Crippen LogP contribution is -2.17. The van der Waals surface area contributed by atoms with E-state index >= 15 is 0 Å². The van der Waals surface area contributed by atoms with Crippen LogP contribution in [0.4, 0.5) is 5.82 Å². The predicted octanol–water partition coefficient (Wildman–Crippen LogP) is 1.30. The molecule has 0 aliphatic rings. The summed E-state index contributed by atoms with van der Waals surface area (Å²) >= 11 is 0. The maximum absolute atomic E-state index is 12.1. The first-order valence-electron chi connectivity index (χ1n) is 5.48. The van der Waals surface area contributed by atoms with Crippen molar-refractivity contribution in [1.29, 1.82) is 0 Å². The summed E-state index contributed by atoms with van der Waals surface area (Å²) in [5, 5.41) is 4.10. The van der Waals surface area contributed by atoms with Crippen molar-refractivity contribution >= 4 is 15.8 Å². The van der Waals surface area contributed by atoms with Crippen molar-refractivity contribution in [3.63, 3.8) is 0 Å². The zero-order valence-corrected chi connectivity index (χ0v) is 11.2. The number of H-pyrrole nitrogens is 1. The molecule has 0 spiro atoms. The van der Waals surface area contributed by atoms with Crippen LogP contribution in [0.1, 0.15) is 25.7 Å². The maximum atomic E-state index is 12.1. The highest BCUT2D eigenvalue weighted by Crippen LogP contribution is 2.17. The lowest BCUT2D eigenvalue weighted by Gasteiger charge is -2.12. The van der Waals surface area contributed by atoms with Crippen LogP contribution in [0.3, 0.4) is 0 Å². The van der Waals surface area contributed by atoms with Crippen molar-refractivity contribution in [3.05, 3.63) is 24.3 Å². The maximum Gasteiger partial charge on any atom is 0.280 e. The van der Waals surface area contributed by atoms with Crippen LogP contribution in [0.2, 0.25) is 0 Å². The highest BCUT2D eigenvalue weighted by atomic mass is 32.2. The Balaban J connectivity index is 2.31. The number of aromatic nitrogens is 4. The molecule has 0 aliphatic carbocycles. The molecule has 2 aromatic heterocycles. The van der Waals surface area contributed by atoms with Gasteiger partial charge in [-0.1, -0.05) is 0 Å². The number of aromatic amines is 1. The molecule has 0 radical (unpaired) electrons. The minimum absolute atomic E-state index is 0.0384. The average Bonchev–Trinajstić information content (AvgIpc) is 2.86. The van der Waals surface area contributed by atoms with Gasteiger partial charge in [0, 0.05) is 12.1 Å². The molecule has 0 fully saturated rings. The Bertz CT molecular complexity index is 641. The van der Waals surface area contributed by atoms with E-state index in [0.29, 0.717) is 11.6 Å². The van der Waals surface area contributed by atoms with Crippen LogP contribution in [-0.2, 0) is 10.0 Å². The quantitative estimate of drug-likeness (QED) is 0.874. The Kier molecular flexibility index (Phi) is 3.12. The van der Waals surface area contributed by atoms with Gasteiger partial charge in [0.1, 0.15) is 11.6 Å². The first kappa shape index (κ1) is 12.6. The number of imidazole rings is 1. The number of nitrogens with zero attached hydrogens (tertiary/aromatic N) is 3. The van der Waals surface area contributed by atoms with E-state index in [-0.39, 0.29) is 11.1 Å². The first-order valence-corrected chi connectivity index (χ1v) is 6.96. The normalized spacial score (nSPS) is 12.0. The summed E-state index contributed by atoms with van der Waals surface area (Å²) in [5.41, 5.74) is 0. The molecule has 0 saturated heterocycles. The molecule has 2 rings (SSSR count). The van der Waals surface area contributed by atoms with E-state index in [1.807, 2.05) is 13.8 Å². The van der Waals surface area contributed by atoms with E-state index in [1.54, 1.807) is 23.9 Å². The number of rotatable bonds is 4. The second-order valence-corrected chi connectivity index (χ2v) is 5.84. The summed E-state index contributed by atoms with van der Waals surface area (Å²) in [6, 6.07) is 1.68. The summed E-state index contributed by atoms with van der Waals surface area (Å²) in [4.78, 5) is 6.56. The van der Waals surface area contributed by atoms with E-state index in [4.69, 9.17) is 0 Å². The molecule has 2 N–H and O–H groups in total. The molecule has 0 aromatic carbocycles. The lowest BCUT2D eigenvalue weighted by molar-refractivity contribution is 0.539. The molecule has 8 heteroatoms. The van der Waals surface area contributed by atoms with Crippen LogP contribution in [-0.4, -0.2) is 28.2 Å². The molecule has 18 heavy (non-hydrogen) atoms. The number of hydrogen-bond acceptors (Lipinski definition) is 4. The van der Waals surface area contributed by atoms with Gasteiger partial charge in [0.25, 0.3) is 10.0 Å². The van der Waals surface area contributed by atoms with Gasteiger partial charge < -0.3 is 4.98 Å². The van der Waals surface area contributed by atoms with E-state index < -0.39 is 10.0 Å². The molecule has 0 bridgehead atoms. The molecule has 2 heterocycles. The standard InChI is InChI=1S/C10H15N5O2S/c1-7(2)15-9(4-5-12-15)14-18(16,17)10-6-11-8(3)13-10/h4-7,14H,1-3H3,(H,11,13). The van der Waals surface area contributed by atoms with Crippen LogP contribution < -0.4 is 4.72 Å². The zero-order valence-electron chi connectivity index (χ0n) is 10.4. The summed E-state index contributed by atoms with van der Waals surface area (Å²) < 4.78 is 28.2. The largest absolute Gasteiger partial charge is 0.332 e. The van der Waals surface area contributed by atoms with Crippen molar-refractivity contribution in [2.45, 2.75) is 31.8 Å². The molecule has 0 unspecified atom stereocenters. The second-order valence-electron chi connectivity index (χ2n) is 4.19. The molecular formula is C10H15N5O2S. The molecule has 7 nitrogen and oxygen atoms in total. The van der Waals surface area contributed by atoms with Crippen LogP contribution in [0.15, 0.2) is 23.5 Å². The first-order chi connectivity index (χ1) is 8.40. The average molecular weight is 269 g/mol. The fourth-order valence-electron chi connectivity index (χ4n) is 1.53. The van der Waals surface area contributed by atoms with Crippen molar-refractivity contribution in [3.8, 4) is 0 Å². The fourth-order valence-corrected chi connectivity index (χ4v) is 2.55. The fraction of sp³-hybridized carbons (Fsp3) is 0.400. The van der Waals surface area contributed by atoms with Crippen LogP contribution >= 0.6 is 0 Å². The van der Waals surface area contributed by atoms with Crippen LogP contribution in [0.5, 0.6) is 0 Å². The Morgan fingerprint density at radius 1 is 1.44 bits per heavy atom. The van der Waals surface area contributed by atoms with Gasteiger partial charge >= 0.3 is 0 Å². The van der Waals surface area contributed by atoms with Gasteiger partial charge in [-0.3, -0.25) is 4.72 Å². The summed E-state index contributed by atoms with van der Waals surface area (Å²) in [6.45, 7) is 5.54. The van der Waals surface area contributed by atoms with Crippen molar-refractivity contribution in [2.75, 3.05) is 4.72 Å². The molecule has 0 amide bonds. The number of nitrogens with one attached hydrogen (secondary N) is 2. The molecule has 0 saturated carbocycles. The van der Waals surface area contributed by atoms with E-state index in [9.17, 15) is 8.42 Å². The highest BCUT2D eigenvalue weighted by Gasteiger charge is 2.19. The van der Waals surface area contributed by atoms with Gasteiger partial charge in [0.2, 0.25) is 0 Å². The molecule has 98 valence electrons. The highest BCUT2D eigenvalue weighted by molar-refractivity contribution is 7.92. The van der Waals surface area contributed by atoms with Crippen molar-refractivity contribution < 1.29 is 8.42 Å². The third-order valence-electron chi connectivity index (χ3n) is 2.37. The summed E-state index contributed by atoms with van der Waals surface area (Å²) in [5.74, 6) is 0.977. The van der Waals surface area contributed by atoms with Gasteiger partial charge in [-0.05, 0) is 20.8 Å². The summed E-state index contributed by atoms with van der Waals surface area (Å²) in [7, 11) is -3.65. The smallest absolute Gasteiger partial charge is 0.280 e. The Morgan fingerprint density at radius 2 is 2.17 bits per heavy atom. The van der Waals surface area contributed by atoms with Crippen LogP contribution in [0, 0.1) is 6.92 Å². The van der Waals surface area contributed by atoms with Gasteiger partial charge in [-0.15, -0.1) is 0 Å². The predicted molar refractivity (Wildman–Crippen MR) is 66.7 cm³/mol. The van der Waals surface area contributed by atoms with Crippen molar-refractivity contribution in [1.82, 2.24) is 19.7 Å². The lowest BCUT2D eigenvalue weighted by atomic mass is 10.4. The summed E-state index contributed by atoms with van der Waals surface area (Å²) in [6.07, 6.45) is 2.84.